The highest BCUT2D eigenvalue weighted by Gasteiger charge is 2.29. The molecule has 7 heteroatoms. The van der Waals surface area contributed by atoms with Gasteiger partial charge in [0, 0.05) is 42.8 Å². The summed E-state index contributed by atoms with van der Waals surface area (Å²) in [5, 5.41) is 7.81. The fourth-order valence-electron chi connectivity index (χ4n) is 4.18. The first-order chi connectivity index (χ1) is 16.0. The van der Waals surface area contributed by atoms with Gasteiger partial charge in [0.1, 0.15) is 0 Å². The van der Waals surface area contributed by atoms with Gasteiger partial charge in [0.2, 0.25) is 11.8 Å². The zero-order chi connectivity index (χ0) is 23.2. The number of likely N-dealkylation sites (N-methyl/N-ethyl adjacent to an activating group) is 1. The maximum absolute atomic E-state index is 12.9. The second-order valence-corrected chi connectivity index (χ2v) is 8.33. The van der Waals surface area contributed by atoms with Crippen molar-refractivity contribution in [1.29, 1.82) is 0 Å². The minimum absolute atomic E-state index is 0.0171. The summed E-state index contributed by atoms with van der Waals surface area (Å²) in [6, 6.07) is 22.7. The number of fused-ring (bicyclic) bond motifs is 1. The third-order valence-electron chi connectivity index (χ3n) is 5.98. The number of anilines is 2. The van der Waals surface area contributed by atoms with Crippen molar-refractivity contribution in [3.8, 4) is 0 Å². The molecule has 7 nitrogen and oxygen atoms in total. The van der Waals surface area contributed by atoms with E-state index in [0.717, 1.165) is 22.1 Å². The molecule has 1 fully saturated rings. The highest BCUT2D eigenvalue weighted by molar-refractivity contribution is 6.03. The number of rotatable bonds is 5. The van der Waals surface area contributed by atoms with Gasteiger partial charge in [-0.25, -0.2) is 4.79 Å². The number of hydrogen-bond donors (Lipinski definition) is 2. The van der Waals surface area contributed by atoms with Gasteiger partial charge in [-0.3, -0.25) is 9.59 Å². The van der Waals surface area contributed by atoms with Gasteiger partial charge in [0.05, 0.1) is 6.54 Å². The van der Waals surface area contributed by atoms with Crippen molar-refractivity contribution in [3.05, 3.63) is 72.8 Å². The molecule has 0 aliphatic carbocycles. The molecule has 0 saturated carbocycles. The van der Waals surface area contributed by atoms with E-state index in [1.807, 2.05) is 72.8 Å². The molecule has 2 N–H and O–H groups in total. The Morgan fingerprint density at radius 3 is 2.30 bits per heavy atom. The summed E-state index contributed by atoms with van der Waals surface area (Å²) in [6.07, 6.45) is 1.16. The lowest BCUT2D eigenvalue weighted by Gasteiger charge is -2.33. The van der Waals surface area contributed by atoms with Crippen LogP contribution in [0.25, 0.3) is 10.8 Å². The molecule has 0 unspecified atom stereocenters. The van der Waals surface area contributed by atoms with Crippen LogP contribution in [0.15, 0.2) is 72.8 Å². The molecule has 33 heavy (non-hydrogen) atoms. The largest absolute Gasteiger partial charge is 0.336 e. The van der Waals surface area contributed by atoms with Crippen molar-refractivity contribution in [2.75, 3.05) is 37.3 Å². The molecule has 170 valence electrons. The average molecular weight is 445 g/mol. The second-order valence-electron chi connectivity index (χ2n) is 8.33. The molecule has 4 amide bonds. The summed E-state index contributed by atoms with van der Waals surface area (Å²) in [4.78, 5) is 41.2. The number of hydrogen-bond acceptors (Lipinski definition) is 3. The van der Waals surface area contributed by atoms with Crippen LogP contribution in [0.2, 0.25) is 0 Å². The average Bonchev–Trinajstić information content (AvgIpc) is 2.84. The Labute approximate surface area is 193 Å². The normalized spacial score (nSPS) is 14.0. The minimum atomic E-state index is -0.234. The maximum Gasteiger partial charge on any atom is 0.321 e. The van der Waals surface area contributed by atoms with Crippen LogP contribution in [0.5, 0.6) is 0 Å². The van der Waals surface area contributed by atoms with Gasteiger partial charge in [-0.15, -0.1) is 0 Å². The first-order valence-corrected chi connectivity index (χ1v) is 11.1. The van der Waals surface area contributed by atoms with E-state index in [1.54, 1.807) is 11.9 Å². The third-order valence-corrected chi connectivity index (χ3v) is 5.98. The molecule has 1 heterocycles. The van der Waals surface area contributed by atoms with Crippen LogP contribution in [-0.4, -0.2) is 54.3 Å². The van der Waals surface area contributed by atoms with E-state index in [-0.39, 0.29) is 30.3 Å². The maximum atomic E-state index is 12.9. The number of carbonyl (C=O) groups excluding carboxylic acids is 3. The quantitative estimate of drug-likeness (QED) is 0.619. The van der Waals surface area contributed by atoms with Gasteiger partial charge in [-0.2, -0.15) is 0 Å². The van der Waals surface area contributed by atoms with Crippen molar-refractivity contribution >= 4 is 40.0 Å². The second kappa shape index (κ2) is 10.2. The zero-order valence-corrected chi connectivity index (χ0v) is 18.7. The van der Waals surface area contributed by atoms with Crippen molar-refractivity contribution in [2.24, 2.45) is 5.92 Å². The van der Waals surface area contributed by atoms with Crippen LogP contribution < -0.4 is 10.6 Å². The van der Waals surface area contributed by atoms with Gasteiger partial charge in [-0.1, -0.05) is 54.6 Å². The van der Waals surface area contributed by atoms with Gasteiger partial charge in [0.25, 0.3) is 0 Å². The number of para-hydroxylation sites is 1. The van der Waals surface area contributed by atoms with Gasteiger partial charge < -0.3 is 20.4 Å². The smallest absolute Gasteiger partial charge is 0.321 e. The van der Waals surface area contributed by atoms with E-state index in [0.29, 0.717) is 25.9 Å². The van der Waals surface area contributed by atoms with Crippen LogP contribution >= 0.6 is 0 Å². The Hall–Kier alpha value is -3.87. The standard InChI is InChI=1S/C26H28N4O3/c1-29(18-24(31)28-23-13-7-9-19-8-5-6-12-22(19)23)25(32)20-14-16-30(17-15-20)26(33)27-21-10-3-2-4-11-21/h2-13,20H,14-18H2,1H3,(H,27,33)(H,28,31). The fraction of sp³-hybridized carbons (Fsp3) is 0.269. The molecule has 1 saturated heterocycles. The number of amides is 4. The lowest BCUT2D eigenvalue weighted by atomic mass is 9.95. The first kappa shape index (κ1) is 22.3. The number of benzene rings is 3. The molecular formula is C26H28N4O3. The molecule has 1 aliphatic rings. The summed E-state index contributed by atoms with van der Waals surface area (Å²) >= 11 is 0. The summed E-state index contributed by atoms with van der Waals surface area (Å²) in [6.45, 7) is 0.993. The Morgan fingerprint density at radius 2 is 1.55 bits per heavy atom. The summed E-state index contributed by atoms with van der Waals surface area (Å²) in [7, 11) is 1.65. The van der Waals surface area contributed by atoms with Crippen LogP contribution in [0, 0.1) is 5.92 Å². The van der Waals surface area contributed by atoms with Crippen LogP contribution in [0.3, 0.4) is 0 Å². The van der Waals surface area contributed by atoms with Gasteiger partial charge >= 0.3 is 6.03 Å². The topological polar surface area (TPSA) is 81.8 Å². The Kier molecular flexibility index (Phi) is 6.88. The van der Waals surface area contributed by atoms with Crippen molar-refractivity contribution in [2.45, 2.75) is 12.8 Å². The van der Waals surface area contributed by atoms with E-state index in [1.165, 1.54) is 4.90 Å². The SMILES string of the molecule is CN(CC(=O)Nc1cccc2ccccc12)C(=O)C1CCN(C(=O)Nc2ccccc2)CC1. The van der Waals surface area contributed by atoms with E-state index in [9.17, 15) is 14.4 Å². The highest BCUT2D eigenvalue weighted by atomic mass is 16.2. The molecule has 0 spiro atoms. The minimum Gasteiger partial charge on any atom is -0.336 e. The summed E-state index contributed by atoms with van der Waals surface area (Å²) in [5.74, 6) is -0.491. The Bertz CT molecular complexity index is 1140. The van der Waals surface area contributed by atoms with Crippen LogP contribution in [-0.2, 0) is 9.59 Å². The Morgan fingerprint density at radius 1 is 0.879 bits per heavy atom. The number of carbonyl (C=O) groups is 3. The number of piperidine rings is 1. The predicted octanol–water partition coefficient (Wildman–Crippen LogP) is 4.18. The molecule has 0 atom stereocenters. The summed E-state index contributed by atoms with van der Waals surface area (Å²) in [5.41, 5.74) is 1.48. The number of nitrogens with zero attached hydrogens (tertiary/aromatic N) is 2. The molecule has 0 radical (unpaired) electrons. The van der Waals surface area contributed by atoms with E-state index < -0.39 is 0 Å². The van der Waals surface area contributed by atoms with Gasteiger partial charge in [0.15, 0.2) is 0 Å². The fourth-order valence-corrected chi connectivity index (χ4v) is 4.18. The molecule has 0 aromatic heterocycles. The monoisotopic (exact) mass is 444 g/mol. The van der Waals surface area contributed by atoms with Crippen LogP contribution in [0.1, 0.15) is 12.8 Å². The van der Waals surface area contributed by atoms with E-state index in [4.69, 9.17) is 0 Å². The van der Waals surface area contributed by atoms with Crippen LogP contribution in [0.4, 0.5) is 16.2 Å². The lowest BCUT2D eigenvalue weighted by molar-refractivity contribution is -0.138. The number of likely N-dealkylation sites (tertiary alicyclic amines) is 1. The summed E-state index contributed by atoms with van der Waals surface area (Å²) < 4.78 is 0. The third kappa shape index (κ3) is 5.49. The van der Waals surface area contributed by atoms with Crippen molar-refractivity contribution < 1.29 is 14.4 Å². The van der Waals surface area contributed by atoms with E-state index >= 15 is 0 Å². The van der Waals surface area contributed by atoms with Gasteiger partial charge in [-0.05, 0) is 36.4 Å². The molecule has 1 aliphatic heterocycles. The Balaban J connectivity index is 1.27. The zero-order valence-electron chi connectivity index (χ0n) is 18.7. The number of nitrogens with one attached hydrogen (secondary N) is 2. The first-order valence-electron chi connectivity index (χ1n) is 11.1. The van der Waals surface area contributed by atoms with Crippen molar-refractivity contribution in [3.63, 3.8) is 0 Å². The molecule has 3 aromatic carbocycles. The highest BCUT2D eigenvalue weighted by Crippen LogP contribution is 2.23. The van der Waals surface area contributed by atoms with Crippen molar-refractivity contribution in [1.82, 2.24) is 9.80 Å². The lowest BCUT2D eigenvalue weighted by Crippen LogP contribution is -2.46. The molecule has 3 aromatic rings. The predicted molar refractivity (Wildman–Crippen MR) is 130 cm³/mol. The number of urea groups is 1. The molecular weight excluding hydrogens is 416 g/mol. The molecule has 0 bridgehead atoms. The van der Waals surface area contributed by atoms with E-state index in [2.05, 4.69) is 10.6 Å². The molecule has 4 rings (SSSR count).